The summed E-state index contributed by atoms with van der Waals surface area (Å²) in [6.07, 6.45) is 4.01. The molecule has 0 saturated heterocycles. The van der Waals surface area contributed by atoms with Crippen LogP contribution >= 0.6 is 11.3 Å². The summed E-state index contributed by atoms with van der Waals surface area (Å²) in [6.45, 7) is 4.30. The summed E-state index contributed by atoms with van der Waals surface area (Å²) in [5.74, 6) is 0.0361. The molecule has 118 valence electrons. The van der Waals surface area contributed by atoms with Crippen LogP contribution in [0.2, 0.25) is 0 Å². The van der Waals surface area contributed by atoms with Gasteiger partial charge in [0.1, 0.15) is 5.56 Å². The van der Waals surface area contributed by atoms with Crippen molar-refractivity contribution in [2.45, 2.75) is 26.2 Å². The molecule has 5 nitrogen and oxygen atoms in total. The van der Waals surface area contributed by atoms with E-state index >= 15 is 0 Å². The standard InChI is InChI=1S/C17H17N3O2S/c1-3-11(2)12-4-6-13(7-5-12)19-15(21)14-10-18-17-20(16(14)22)8-9-23-17/h4-11H,3H2,1-2H3,(H,19,21)/t11-/m0/s1. The van der Waals surface area contributed by atoms with Crippen molar-refractivity contribution in [2.75, 3.05) is 5.32 Å². The van der Waals surface area contributed by atoms with Gasteiger partial charge in [0, 0.05) is 23.5 Å². The maximum atomic E-state index is 12.3. The second-order valence-electron chi connectivity index (χ2n) is 5.42. The van der Waals surface area contributed by atoms with Gasteiger partial charge in [-0.1, -0.05) is 26.0 Å². The Hall–Kier alpha value is -2.47. The molecule has 0 saturated carbocycles. The average molecular weight is 327 g/mol. The van der Waals surface area contributed by atoms with Gasteiger partial charge < -0.3 is 5.32 Å². The summed E-state index contributed by atoms with van der Waals surface area (Å²) in [4.78, 5) is 29.3. The lowest BCUT2D eigenvalue weighted by Gasteiger charge is -2.10. The zero-order valence-electron chi connectivity index (χ0n) is 12.9. The number of nitrogens with one attached hydrogen (secondary N) is 1. The highest BCUT2D eigenvalue weighted by molar-refractivity contribution is 7.15. The molecule has 1 amide bonds. The molecule has 6 heteroatoms. The zero-order valence-corrected chi connectivity index (χ0v) is 13.8. The summed E-state index contributed by atoms with van der Waals surface area (Å²) in [7, 11) is 0. The Bertz CT molecular complexity index is 896. The fraction of sp³-hybridized carbons (Fsp3) is 0.235. The lowest BCUT2D eigenvalue weighted by Crippen LogP contribution is -2.25. The second kappa shape index (κ2) is 6.34. The largest absolute Gasteiger partial charge is 0.322 e. The highest BCUT2D eigenvalue weighted by Crippen LogP contribution is 2.20. The fourth-order valence-electron chi connectivity index (χ4n) is 2.31. The van der Waals surface area contributed by atoms with E-state index in [0.29, 0.717) is 16.6 Å². The molecule has 23 heavy (non-hydrogen) atoms. The molecule has 0 aliphatic heterocycles. The molecule has 1 atom stereocenters. The van der Waals surface area contributed by atoms with Crippen molar-refractivity contribution >= 4 is 27.9 Å². The third-order valence-corrected chi connectivity index (χ3v) is 4.71. The predicted molar refractivity (Wildman–Crippen MR) is 92.4 cm³/mol. The van der Waals surface area contributed by atoms with E-state index in [2.05, 4.69) is 24.1 Å². The van der Waals surface area contributed by atoms with Gasteiger partial charge in [-0.25, -0.2) is 4.98 Å². The maximum Gasteiger partial charge on any atom is 0.271 e. The summed E-state index contributed by atoms with van der Waals surface area (Å²) in [5, 5.41) is 4.51. The molecule has 0 bridgehead atoms. The first-order chi connectivity index (χ1) is 11.1. The minimum Gasteiger partial charge on any atom is -0.322 e. The van der Waals surface area contributed by atoms with Crippen molar-refractivity contribution < 1.29 is 4.79 Å². The summed E-state index contributed by atoms with van der Waals surface area (Å²) in [5.41, 5.74) is 1.57. The first kappa shape index (κ1) is 15.4. The van der Waals surface area contributed by atoms with Gasteiger partial charge in [-0.2, -0.15) is 0 Å². The topological polar surface area (TPSA) is 63.5 Å². The number of nitrogens with zero attached hydrogens (tertiary/aromatic N) is 2. The number of carbonyl (C=O) groups is 1. The van der Waals surface area contributed by atoms with Crippen molar-refractivity contribution in [2.24, 2.45) is 0 Å². The van der Waals surface area contributed by atoms with Crippen molar-refractivity contribution in [1.82, 2.24) is 9.38 Å². The number of hydrogen-bond donors (Lipinski definition) is 1. The van der Waals surface area contributed by atoms with Crippen LogP contribution in [0.1, 0.15) is 42.1 Å². The molecule has 3 aromatic rings. The molecule has 0 spiro atoms. The number of aromatic nitrogens is 2. The van der Waals surface area contributed by atoms with Crippen LogP contribution in [0.25, 0.3) is 4.96 Å². The quantitative estimate of drug-likeness (QED) is 0.797. The van der Waals surface area contributed by atoms with Crippen LogP contribution in [0, 0.1) is 0 Å². The third-order valence-electron chi connectivity index (χ3n) is 3.94. The molecule has 0 unspecified atom stereocenters. The van der Waals surface area contributed by atoms with E-state index in [1.807, 2.05) is 24.3 Å². The van der Waals surface area contributed by atoms with Crippen LogP contribution in [-0.2, 0) is 0 Å². The van der Waals surface area contributed by atoms with Gasteiger partial charge >= 0.3 is 0 Å². The van der Waals surface area contributed by atoms with Crippen LogP contribution < -0.4 is 10.9 Å². The predicted octanol–water partition coefficient (Wildman–Crippen LogP) is 3.52. The first-order valence-corrected chi connectivity index (χ1v) is 8.34. The Labute approximate surface area is 137 Å². The van der Waals surface area contributed by atoms with Crippen LogP contribution in [0.15, 0.2) is 46.8 Å². The smallest absolute Gasteiger partial charge is 0.271 e. The molecular weight excluding hydrogens is 310 g/mol. The SMILES string of the molecule is CC[C@H](C)c1ccc(NC(=O)c2cnc3sccn3c2=O)cc1. The van der Waals surface area contributed by atoms with E-state index in [1.165, 1.54) is 27.5 Å². The molecule has 0 radical (unpaired) electrons. The number of rotatable bonds is 4. The summed E-state index contributed by atoms with van der Waals surface area (Å²) < 4.78 is 1.38. The number of carbonyl (C=O) groups excluding carboxylic acids is 1. The normalized spacial score (nSPS) is 12.3. The van der Waals surface area contributed by atoms with Crippen LogP contribution in [0.4, 0.5) is 5.69 Å². The van der Waals surface area contributed by atoms with Crippen molar-refractivity contribution in [3.63, 3.8) is 0 Å². The molecule has 3 rings (SSSR count). The monoisotopic (exact) mass is 327 g/mol. The molecule has 1 N–H and O–H groups in total. The molecular formula is C17H17N3O2S. The van der Waals surface area contributed by atoms with Gasteiger partial charge in [0.2, 0.25) is 0 Å². The van der Waals surface area contributed by atoms with Gasteiger partial charge in [-0.3, -0.25) is 14.0 Å². The van der Waals surface area contributed by atoms with Gasteiger partial charge in [-0.05, 0) is 30.0 Å². The van der Waals surface area contributed by atoms with Gasteiger partial charge in [0.15, 0.2) is 4.96 Å². The highest BCUT2D eigenvalue weighted by Gasteiger charge is 2.14. The highest BCUT2D eigenvalue weighted by atomic mass is 32.1. The summed E-state index contributed by atoms with van der Waals surface area (Å²) in [6, 6.07) is 7.70. The van der Waals surface area contributed by atoms with E-state index < -0.39 is 5.91 Å². The van der Waals surface area contributed by atoms with E-state index in [9.17, 15) is 9.59 Å². The lowest BCUT2D eigenvalue weighted by molar-refractivity contribution is 0.102. The Balaban J connectivity index is 1.83. The van der Waals surface area contributed by atoms with Crippen LogP contribution in [-0.4, -0.2) is 15.3 Å². The van der Waals surface area contributed by atoms with Crippen LogP contribution in [0.5, 0.6) is 0 Å². The van der Waals surface area contributed by atoms with E-state index in [1.54, 1.807) is 11.6 Å². The van der Waals surface area contributed by atoms with Crippen molar-refractivity contribution in [3.05, 3.63) is 63.5 Å². The minimum atomic E-state index is -0.445. The van der Waals surface area contributed by atoms with E-state index in [0.717, 1.165) is 6.42 Å². The Morgan fingerprint density at radius 2 is 2.09 bits per heavy atom. The zero-order chi connectivity index (χ0) is 16.4. The maximum absolute atomic E-state index is 12.3. The summed E-state index contributed by atoms with van der Waals surface area (Å²) >= 11 is 1.35. The fourth-order valence-corrected chi connectivity index (χ4v) is 2.98. The van der Waals surface area contributed by atoms with Crippen LogP contribution in [0.3, 0.4) is 0 Å². The molecule has 1 aromatic carbocycles. The number of thiazole rings is 1. The third kappa shape index (κ3) is 3.03. The second-order valence-corrected chi connectivity index (χ2v) is 6.29. The first-order valence-electron chi connectivity index (χ1n) is 7.46. The Morgan fingerprint density at radius 3 is 2.78 bits per heavy atom. The number of fused-ring (bicyclic) bond motifs is 1. The minimum absolute atomic E-state index is 0.0342. The van der Waals surface area contributed by atoms with Gasteiger partial charge in [0.05, 0.1) is 0 Å². The lowest BCUT2D eigenvalue weighted by atomic mass is 9.99. The Morgan fingerprint density at radius 1 is 1.35 bits per heavy atom. The Kier molecular flexibility index (Phi) is 4.25. The van der Waals surface area contributed by atoms with E-state index in [4.69, 9.17) is 0 Å². The molecule has 0 aliphatic rings. The van der Waals surface area contributed by atoms with Crippen molar-refractivity contribution in [1.29, 1.82) is 0 Å². The number of benzene rings is 1. The van der Waals surface area contributed by atoms with Gasteiger partial charge in [0.25, 0.3) is 11.5 Å². The average Bonchev–Trinajstić information content (AvgIpc) is 3.04. The van der Waals surface area contributed by atoms with E-state index in [-0.39, 0.29) is 11.1 Å². The molecule has 0 fully saturated rings. The van der Waals surface area contributed by atoms with Crippen molar-refractivity contribution in [3.8, 4) is 0 Å². The number of anilines is 1. The number of hydrogen-bond acceptors (Lipinski definition) is 4. The molecule has 2 aromatic heterocycles. The molecule has 2 heterocycles. The molecule has 0 aliphatic carbocycles. The van der Waals surface area contributed by atoms with Gasteiger partial charge in [-0.15, -0.1) is 11.3 Å². The number of amides is 1.